The molecule has 0 radical (unpaired) electrons. The fourth-order valence-corrected chi connectivity index (χ4v) is 4.35. The van der Waals surface area contributed by atoms with Gasteiger partial charge in [0.1, 0.15) is 24.6 Å². The molecule has 1 aliphatic carbocycles. The molecule has 0 unspecified atom stereocenters. The smallest absolute Gasteiger partial charge is 0.179 e. The van der Waals surface area contributed by atoms with Crippen molar-refractivity contribution >= 4 is 28.8 Å². The second kappa shape index (κ2) is 6.33. The summed E-state index contributed by atoms with van der Waals surface area (Å²) in [5.41, 5.74) is -0.363. The Balaban J connectivity index is 1.91. The first kappa shape index (κ1) is 16.9. The van der Waals surface area contributed by atoms with Gasteiger partial charge in [0, 0.05) is 17.7 Å². The molecule has 4 N–H and O–H groups in total. The molecule has 136 valence electrons. The summed E-state index contributed by atoms with van der Waals surface area (Å²) in [4.78, 5) is 15.1. The van der Waals surface area contributed by atoms with Crippen molar-refractivity contribution in [1.82, 2.24) is 19.5 Å². The first-order valence-electron chi connectivity index (χ1n) is 8.33. The summed E-state index contributed by atoms with van der Waals surface area (Å²) in [6, 6.07) is 0. The Hall–Kier alpha value is -1.52. The van der Waals surface area contributed by atoms with Crippen molar-refractivity contribution in [2.75, 3.05) is 11.4 Å². The highest BCUT2D eigenvalue weighted by Gasteiger charge is 2.60. The number of aromatic nitrogens is 4. The number of rotatable bonds is 4. The zero-order valence-electron chi connectivity index (χ0n) is 13.4. The van der Waals surface area contributed by atoms with Crippen LogP contribution < -0.4 is 4.84 Å². The minimum absolute atomic E-state index is 0.0338. The minimum atomic E-state index is -1.24. The molecule has 1 saturated carbocycles. The Morgan fingerprint density at radius 2 is 2.04 bits per heavy atom. The maximum atomic E-state index is 10.9. The van der Waals surface area contributed by atoms with Crippen LogP contribution in [0.15, 0.2) is 12.7 Å². The van der Waals surface area contributed by atoms with Gasteiger partial charge in [-0.2, -0.15) is 0 Å². The Kier molecular flexibility index (Phi) is 4.28. The van der Waals surface area contributed by atoms with Gasteiger partial charge in [-0.05, 0) is 12.8 Å². The van der Waals surface area contributed by atoms with Crippen molar-refractivity contribution in [3.05, 3.63) is 12.7 Å². The molecule has 25 heavy (non-hydrogen) atoms. The summed E-state index contributed by atoms with van der Waals surface area (Å²) in [6.45, 7) is -0.386. The number of ether oxygens (including phenoxy) is 1. The highest BCUT2D eigenvalue weighted by Crippen LogP contribution is 2.48. The topological polar surface area (TPSA) is 126 Å². The van der Waals surface area contributed by atoms with Gasteiger partial charge < -0.3 is 20.1 Å². The summed E-state index contributed by atoms with van der Waals surface area (Å²) in [5, 5.41) is 30.8. The number of aliphatic hydroxyl groups is 3. The number of imidazole rings is 1. The van der Waals surface area contributed by atoms with Gasteiger partial charge in [0.15, 0.2) is 22.7 Å². The lowest BCUT2D eigenvalue weighted by molar-refractivity contribution is -0.180. The molecule has 2 aromatic heterocycles. The largest absolute Gasteiger partial charge is 0.394 e. The van der Waals surface area contributed by atoms with Crippen LogP contribution in [0.2, 0.25) is 0 Å². The van der Waals surface area contributed by atoms with Gasteiger partial charge in [0.2, 0.25) is 0 Å². The maximum Gasteiger partial charge on any atom is 0.179 e. The molecule has 1 aliphatic heterocycles. The molecule has 10 heteroatoms. The average Bonchev–Trinajstić information content (AvgIpc) is 3.35. The van der Waals surface area contributed by atoms with E-state index in [0.717, 1.165) is 25.7 Å². The second-order valence-corrected chi connectivity index (χ2v) is 6.80. The van der Waals surface area contributed by atoms with Gasteiger partial charge in [-0.3, -0.25) is 9.40 Å². The van der Waals surface area contributed by atoms with Crippen molar-refractivity contribution in [2.45, 2.75) is 49.7 Å². The van der Waals surface area contributed by atoms with Crippen LogP contribution in [0.4, 0.5) is 5.82 Å². The van der Waals surface area contributed by atoms with Crippen molar-refractivity contribution < 1.29 is 20.1 Å². The SMILES string of the molecule is OC[C@H]1O[C@@](C2CCCC2)(n2cnc3c(NCl)ncnc32)[C@H](O)[C@@H]1O. The lowest BCUT2D eigenvalue weighted by atomic mass is 9.87. The van der Waals surface area contributed by atoms with Crippen LogP contribution in [0.5, 0.6) is 0 Å². The number of fused-ring (bicyclic) bond motifs is 1. The number of halogens is 1. The molecule has 1 saturated heterocycles. The van der Waals surface area contributed by atoms with Crippen LogP contribution in [0.25, 0.3) is 11.2 Å². The quantitative estimate of drug-likeness (QED) is 0.569. The van der Waals surface area contributed by atoms with E-state index in [9.17, 15) is 15.3 Å². The number of hydrogen-bond acceptors (Lipinski definition) is 8. The van der Waals surface area contributed by atoms with Crippen molar-refractivity contribution in [3.8, 4) is 0 Å². The Labute approximate surface area is 148 Å². The molecule has 4 atom stereocenters. The van der Waals surface area contributed by atoms with Crippen LogP contribution in [0, 0.1) is 5.92 Å². The van der Waals surface area contributed by atoms with Crippen molar-refractivity contribution in [2.24, 2.45) is 5.92 Å². The first-order chi connectivity index (χ1) is 12.1. The fraction of sp³-hybridized carbons (Fsp3) is 0.667. The molecule has 9 nitrogen and oxygen atoms in total. The summed E-state index contributed by atoms with van der Waals surface area (Å²) in [7, 11) is 0. The number of nitrogens with one attached hydrogen (secondary N) is 1. The van der Waals surface area contributed by atoms with E-state index in [1.165, 1.54) is 12.7 Å². The van der Waals surface area contributed by atoms with E-state index >= 15 is 0 Å². The summed E-state index contributed by atoms with van der Waals surface area (Å²) in [5.74, 6) is 0.312. The lowest BCUT2D eigenvalue weighted by Gasteiger charge is -2.39. The predicted octanol–water partition coefficient (Wildman–Crippen LogP) is 0.348. The first-order valence-corrected chi connectivity index (χ1v) is 8.71. The molecule has 0 spiro atoms. The van der Waals surface area contributed by atoms with Gasteiger partial charge in [-0.15, -0.1) is 0 Å². The monoisotopic (exact) mass is 369 g/mol. The van der Waals surface area contributed by atoms with Gasteiger partial charge in [-0.25, -0.2) is 15.0 Å². The van der Waals surface area contributed by atoms with E-state index in [0.29, 0.717) is 17.0 Å². The van der Waals surface area contributed by atoms with Gasteiger partial charge >= 0.3 is 0 Å². The van der Waals surface area contributed by atoms with Crippen molar-refractivity contribution in [1.29, 1.82) is 0 Å². The highest BCUT2D eigenvalue weighted by atomic mass is 35.5. The average molecular weight is 370 g/mol. The zero-order valence-corrected chi connectivity index (χ0v) is 14.2. The lowest BCUT2D eigenvalue weighted by Crippen LogP contribution is -2.50. The number of nitrogens with zero attached hydrogens (tertiary/aromatic N) is 4. The van der Waals surface area contributed by atoms with Crippen molar-refractivity contribution in [3.63, 3.8) is 0 Å². The Bertz CT molecular complexity index is 767. The Morgan fingerprint density at radius 3 is 2.68 bits per heavy atom. The molecule has 2 fully saturated rings. The third kappa shape index (κ3) is 2.34. The van der Waals surface area contributed by atoms with E-state index in [1.54, 1.807) is 4.57 Å². The van der Waals surface area contributed by atoms with Gasteiger partial charge in [-0.1, -0.05) is 12.8 Å². The van der Waals surface area contributed by atoms with Gasteiger partial charge in [0.05, 0.1) is 12.9 Å². The molecule has 3 heterocycles. The van der Waals surface area contributed by atoms with E-state index in [-0.39, 0.29) is 12.5 Å². The molecule has 2 aliphatic rings. The minimum Gasteiger partial charge on any atom is -0.394 e. The van der Waals surface area contributed by atoms with E-state index in [4.69, 9.17) is 16.5 Å². The van der Waals surface area contributed by atoms with E-state index in [2.05, 4.69) is 19.8 Å². The van der Waals surface area contributed by atoms with Gasteiger partial charge in [0.25, 0.3) is 0 Å². The van der Waals surface area contributed by atoms with E-state index in [1.807, 2.05) is 0 Å². The third-order valence-corrected chi connectivity index (χ3v) is 5.57. The normalized spacial score (nSPS) is 33.4. The predicted molar refractivity (Wildman–Crippen MR) is 88.7 cm³/mol. The molecular weight excluding hydrogens is 350 g/mol. The zero-order chi connectivity index (χ0) is 17.6. The summed E-state index contributed by atoms with van der Waals surface area (Å²) in [6.07, 6.45) is 3.28. The number of aliphatic hydroxyl groups excluding tert-OH is 3. The number of anilines is 1. The summed E-state index contributed by atoms with van der Waals surface area (Å²) >= 11 is 5.69. The summed E-state index contributed by atoms with van der Waals surface area (Å²) < 4.78 is 7.75. The standard InChI is InChI=1S/C15H20ClN5O4/c16-20-13-10-14(18-6-17-13)21(7-19-10)15(8-3-1-2-4-8)12(24)11(23)9(5-22)25-15/h6-9,11-12,22-24H,1-5H2,(H,17,18,20)/t9-,11-,12-,15-/m1/s1. The second-order valence-electron chi connectivity index (χ2n) is 6.61. The van der Waals surface area contributed by atoms with Crippen LogP contribution >= 0.6 is 11.8 Å². The maximum absolute atomic E-state index is 10.9. The van der Waals surface area contributed by atoms with Crippen LogP contribution in [-0.2, 0) is 10.5 Å². The Morgan fingerprint density at radius 1 is 1.28 bits per heavy atom. The van der Waals surface area contributed by atoms with Crippen LogP contribution in [0.3, 0.4) is 0 Å². The van der Waals surface area contributed by atoms with E-state index < -0.39 is 24.0 Å². The molecule has 0 bridgehead atoms. The van der Waals surface area contributed by atoms with Crippen LogP contribution in [0.1, 0.15) is 25.7 Å². The highest BCUT2D eigenvalue weighted by molar-refractivity contribution is 6.24. The third-order valence-electron chi connectivity index (χ3n) is 5.39. The molecule has 4 rings (SSSR count). The molecular formula is C15H20ClN5O4. The number of hydrogen-bond donors (Lipinski definition) is 4. The molecule has 0 aromatic carbocycles. The molecule has 2 aromatic rings. The van der Waals surface area contributed by atoms with Crippen LogP contribution in [-0.4, -0.2) is 59.8 Å². The fourth-order valence-electron chi connectivity index (χ4n) is 4.21. The molecule has 0 amide bonds.